The number of benzene rings is 2. The van der Waals surface area contributed by atoms with Crippen molar-refractivity contribution in [2.24, 2.45) is 5.41 Å². The number of carbonyl (C=O) groups is 1. The average Bonchev–Trinajstić information content (AvgIpc) is 3.31. The van der Waals surface area contributed by atoms with E-state index in [2.05, 4.69) is 53.8 Å². The van der Waals surface area contributed by atoms with Crippen LogP contribution in [0.1, 0.15) is 106 Å². The molecular formula is C31H43FO3Si. The van der Waals surface area contributed by atoms with E-state index >= 15 is 0 Å². The summed E-state index contributed by atoms with van der Waals surface area (Å²) < 4.78 is 26.6. The predicted octanol–water partition coefficient (Wildman–Crippen LogP) is 8.97. The minimum absolute atomic E-state index is 0.0553. The van der Waals surface area contributed by atoms with E-state index in [0.717, 1.165) is 47.9 Å². The van der Waals surface area contributed by atoms with Gasteiger partial charge in [0.25, 0.3) is 0 Å². The molecule has 0 bridgehead atoms. The molecule has 2 aromatic rings. The Labute approximate surface area is 217 Å². The predicted molar refractivity (Wildman–Crippen MR) is 148 cm³/mol. The maximum Gasteiger partial charge on any atom is 0.338 e. The van der Waals surface area contributed by atoms with Crippen LogP contribution in [-0.2, 0) is 15.6 Å². The second kappa shape index (κ2) is 9.72. The molecule has 2 aliphatic rings. The number of ether oxygens (including phenoxy) is 1. The summed E-state index contributed by atoms with van der Waals surface area (Å²) in [5, 5.41) is 0.0553. The van der Waals surface area contributed by atoms with Gasteiger partial charge in [-0.05, 0) is 89.5 Å². The molecular weight excluding hydrogens is 467 g/mol. The van der Waals surface area contributed by atoms with Gasteiger partial charge in [-0.25, -0.2) is 9.18 Å². The maximum atomic E-state index is 14.0. The number of methoxy groups -OCH3 is 1. The zero-order valence-corrected chi connectivity index (χ0v) is 24.4. The van der Waals surface area contributed by atoms with E-state index < -0.39 is 8.32 Å². The fourth-order valence-corrected chi connectivity index (χ4v) is 7.18. The normalized spacial score (nSPS) is 20.3. The molecule has 196 valence electrons. The van der Waals surface area contributed by atoms with Crippen LogP contribution >= 0.6 is 0 Å². The van der Waals surface area contributed by atoms with Crippen molar-refractivity contribution in [3.63, 3.8) is 0 Å². The van der Waals surface area contributed by atoms with E-state index in [1.807, 2.05) is 0 Å². The highest BCUT2D eigenvalue weighted by Crippen LogP contribution is 2.52. The van der Waals surface area contributed by atoms with Crippen molar-refractivity contribution in [1.82, 2.24) is 0 Å². The minimum Gasteiger partial charge on any atom is -0.465 e. The largest absolute Gasteiger partial charge is 0.465 e. The van der Waals surface area contributed by atoms with Gasteiger partial charge < -0.3 is 9.16 Å². The molecule has 0 aliphatic heterocycles. The van der Waals surface area contributed by atoms with Crippen molar-refractivity contribution in [3.05, 3.63) is 58.4 Å². The third kappa shape index (κ3) is 5.19. The molecule has 0 N–H and O–H groups in total. The van der Waals surface area contributed by atoms with Gasteiger partial charge in [0.2, 0.25) is 0 Å². The molecule has 0 unspecified atom stereocenters. The lowest BCUT2D eigenvalue weighted by Crippen LogP contribution is -2.43. The van der Waals surface area contributed by atoms with Crippen LogP contribution in [0.3, 0.4) is 0 Å². The van der Waals surface area contributed by atoms with Crippen molar-refractivity contribution in [2.75, 3.05) is 7.11 Å². The van der Waals surface area contributed by atoms with Gasteiger partial charge in [0, 0.05) is 5.56 Å². The molecule has 0 saturated heterocycles. The molecule has 0 radical (unpaired) electrons. The highest BCUT2D eigenvalue weighted by Gasteiger charge is 2.44. The maximum absolute atomic E-state index is 14.0. The van der Waals surface area contributed by atoms with Gasteiger partial charge >= 0.3 is 5.97 Å². The molecule has 2 aromatic carbocycles. The van der Waals surface area contributed by atoms with Crippen molar-refractivity contribution >= 4 is 14.3 Å². The molecule has 2 aliphatic carbocycles. The Morgan fingerprint density at radius 3 is 2.25 bits per heavy atom. The van der Waals surface area contributed by atoms with Gasteiger partial charge in [-0.1, -0.05) is 65.7 Å². The Morgan fingerprint density at radius 1 is 1.08 bits per heavy atom. The van der Waals surface area contributed by atoms with Gasteiger partial charge in [-0.15, -0.1) is 0 Å². The summed E-state index contributed by atoms with van der Waals surface area (Å²) in [6, 6.07) is 8.88. The summed E-state index contributed by atoms with van der Waals surface area (Å²) in [6.07, 6.45) is 6.19. The first-order chi connectivity index (χ1) is 16.7. The summed E-state index contributed by atoms with van der Waals surface area (Å²) in [5.41, 5.74) is 5.94. The quantitative estimate of drug-likeness (QED) is 0.297. The van der Waals surface area contributed by atoms with E-state index in [4.69, 9.17) is 9.16 Å². The van der Waals surface area contributed by atoms with Crippen LogP contribution in [0.2, 0.25) is 18.1 Å². The fourth-order valence-electron chi connectivity index (χ4n) is 5.91. The number of hydrogen-bond donors (Lipinski definition) is 0. The molecule has 36 heavy (non-hydrogen) atoms. The Kier molecular flexibility index (Phi) is 7.30. The van der Waals surface area contributed by atoms with Crippen molar-refractivity contribution in [2.45, 2.75) is 103 Å². The average molecular weight is 511 g/mol. The van der Waals surface area contributed by atoms with Gasteiger partial charge in [-0.2, -0.15) is 0 Å². The van der Waals surface area contributed by atoms with Crippen LogP contribution in [0.15, 0.2) is 30.3 Å². The number of esters is 1. The van der Waals surface area contributed by atoms with Gasteiger partial charge in [0.1, 0.15) is 5.82 Å². The van der Waals surface area contributed by atoms with Crippen molar-refractivity contribution in [1.29, 1.82) is 0 Å². The second-order valence-corrected chi connectivity index (χ2v) is 17.9. The third-order valence-electron chi connectivity index (χ3n) is 8.77. The first-order valence-corrected chi connectivity index (χ1v) is 16.4. The summed E-state index contributed by atoms with van der Waals surface area (Å²) in [7, 11) is -0.665. The first-order valence-electron chi connectivity index (χ1n) is 13.5. The highest BCUT2D eigenvalue weighted by molar-refractivity contribution is 6.74. The zero-order valence-electron chi connectivity index (χ0n) is 23.4. The van der Waals surface area contributed by atoms with Crippen LogP contribution in [0.25, 0.3) is 11.1 Å². The molecule has 0 aromatic heterocycles. The van der Waals surface area contributed by atoms with Crippen LogP contribution in [0, 0.1) is 11.2 Å². The minimum atomic E-state index is -2.12. The summed E-state index contributed by atoms with van der Waals surface area (Å²) in [5.74, 6) is -0.252. The Morgan fingerprint density at radius 2 is 1.69 bits per heavy atom. The number of rotatable bonds is 5. The Bertz CT molecular complexity index is 1120. The molecule has 1 fully saturated rings. The lowest BCUT2D eigenvalue weighted by molar-refractivity contribution is 0.0599. The van der Waals surface area contributed by atoms with E-state index in [1.165, 1.54) is 37.6 Å². The standard InChI is InChI=1S/C31H43FO3Si/c1-30(2,3)36(7,8)35-25-19-31(4,5)18-22-17-24(20-11-9-10-12-20)28(29(33)34-6)27(26(22)25)21-13-15-23(32)16-14-21/h13-17,20,25H,9-12,18-19H2,1-8H3/t25-/m0/s1. The molecule has 1 saturated carbocycles. The van der Waals surface area contributed by atoms with Crippen LogP contribution < -0.4 is 0 Å². The number of halogens is 1. The molecule has 5 heteroatoms. The van der Waals surface area contributed by atoms with Crippen molar-refractivity contribution < 1.29 is 18.3 Å². The monoisotopic (exact) mass is 510 g/mol. The van der Waals surface area contributed by atoms with E-state index in [9.17, 15) is 9.18 Å². The van der Waals surface area contributed by atoms with E-state index in [1.54, 1.807) is 12.1 Å². The first kappa shape index (κ1) is 27.1. The third-order valence-corrected chi connectivity index (χ3v) is 13.3. The summed E-state index contributed by atoms with van der Waals surface area (Å²) >= 11 is 0. The molecule has 0 amide bonds. The van der Waals surface area contributed by atoms with E-state index in [-0.39, 0.29) is 28.3 Å². The second-order valence-electron chi connectivity index (χ2n) is 13.2. The Hall–Kier alpha value is -1.98. The SMILES string of the molecule is COC(=O)c1c(C2CCCC2)cc2c(c1-c1ccc(F)cc1)[C@@H](O[Si](C)(C)C(C)(C)C)CC(C)(C)C2. The molecule has 3 nitrogen and oxygen atoms in total. The van der Waals surface area contributed by atoms with Crippen LogP contribution in [0.4, 0.5) is 4.39 Å². The van der Waals surface area contributed by atoms with Crippen LogP contribution in [-0.4, -0.2) is 21.4 Å². The van der Waals surface area contributed by atoms with Gasteiger partial charge in [0.05, 0.1) is 18.8 Å². The number of carbonyl (C=O) groups excluding carboxylic acids is 1. The molecule has 4 rings (SSSR count). The Balaban J connectivity index is 2.04. The highest BCUT2D eigenvalue weighted by atomic mass is 28.4. The lowest BCUT2D eigenvalue weighted by Gasteiger charge is -2.45. The smallest absolute Gasteiger partial charge is 0.338 e. The van der Waals surface area contributed by atoms with Crippen molar-refractivity contribution in [3.8, 4) is 11.1 Å². The summed E-state index contributed by atoms with van der Waals surface area (Å²) in [4.78, 5) is 13.5. The number of fused-ring (bicyclic) bond motifs is 1. The van der Waals surface area contributed by atoms with E-state index in [0.29, 0.717) is 11.5 Å². The molecule has 0 heterocycles. The van der Waals surface area contributed by atoms with Gasteiger partial charge in [-0.3, -0.25) is 0 Å². The lowest BCUT2D eigenvalue weighted by atomic mass is 9.69. The zero-order chi connectivity index (χ0) is 26.5. The number of hydrogen-bond acceptors (Lipinski definition) is 3. The fraction of sp³-hybridized carbons (Fsp3) is 0.581. The van der Waals surface area contributed by atoms with Gasteiger partial charge in [0.15, 0.2) is 8.32 Å². The van der Waals surface area contributed by atoms with Crippen LogP contribution in [0.5, 0.6) is 0 Å². The molecule has 1 atom stereocenters. The summed E-state index contributed by atoms with van der Waals surface area (Å²) in [6.45, 7) is 16.0. The topological polar surface area (TPSA) is 35.5 Å². The molecule has 0 spiro atoms.